The van der Waals surface area contributed by atoms with Crippen LogP contribution in [0, 0.1) is 6.92 Å². The van der Waals surface area contributed by atoms with Gasteiger partial charge in [0.25, 0.3) is 0 Å². The van der Waals surface area contributed by atoms with Crippen LogP contribution in [0.5, 0.6) is 0 Å². The Labute approximate surface area is 211 Å². The third kappa shape index (κ3) is 7.82. The highest BCUT2D eigenvalue weighted by Crippen LogP contribution is 2.39. The summed E-state index contributed by atoms with van der Waals surface area (Å²) in [5.41, 5.74) is 12.2. The van der Waals surface area contributed by atoms with E-state index in [9.17, 15) is 0 Å². The quantitative estimate of drug-likeness (QED) is 0.297. The first kappa shape index (κ1) is 28.3. The monoisotopic (exact) mass is 493 g/mol. The van der Waals surface area contributed by atoms with E-state index in [2.05, 4.69) is 33.2 Å². The summed E-state index contributed by atoms with van der Waals surface area (Å²) in [4.78, 5) is 20.5. The Morgan fingerprint density at radius 3 is 2.47 bits per heavy atom. The molecule has 36 heavy (non-hydrogen) atoms. The third-order valence-electron chi connectivity index (χ3n) is 5.42. The van der Waals surface area contributed by atoms with Crippen LogP contribution >= 0.6 is 0 Å². The Morgan fingerprint density at radius 2 is 1.92 bits per heavy atom. The topological polar surface area (TPSA) is 152 Å². The lowest BCUT2D eigenvalue weighted by molar-refractivity contribution is -0.0980. The Balaban J connectivity index is 0.000000237. The molecule has 1 fully saturated rings. The van der Waals surface area contributed by atoms with Gasteiger partial charge >= 0.3 is 0 Å². The number of carbonyl (C=O) groups excluding carboxylic acids is 1. The number of fused-ring (bicyclic) bond motifs is 1. The van der Waals surface area contributed by atoms with Crippen molar-refractivity contribution >= 4 is 29.2 Å². The second-order valence-electron chi connectivity index (χ2n) is 8.11. The highest BCUT2D eigenvalue weighted by Gasteiger charge is 2.24. The van der Waals surface area contributed by atoms with Gasteiger partial charge in [-0.3, -0.25) is 20.4 Å². The fraction of sp³-hybridized carbons (Fsp3) is 0.346. The molecule has 4 aromatic heterocycles. The predicted molar refractivity (Wildman–Crippen MR) is 142 cm³/mol. The Hall–Kier alpha value is -3.89. The minimum Gasteiger partial charge on any atom is -0.396 e. The van der Waals surface area contributed by atoms with Crippen LogP contribution in [0.1, 0.15) is 50.2 Å². The molecule has 192 valence electrons. The smallest absolute Gasteiger partial charge is 0.150 e. The van der Waals surface area contributed by atoms with Gasteiger partial charge in [0, 0.05) is 48.9 Å². The number of nitrogens with two attached hydrogens (primary N) is 1. The van der Waals surface area contributed by atoms with Crippen molar-refractivity contribution in [2.75, 3.05) is 17.8 Å². The fourth-order valence-corrected chi connectivity index (χ4v) is 3.29. The molecule has 0 radical (unpaired) electrons. The van der Waals surface area contributed by atoms with Crippen molar-refractivity contribution in [3.8, 4) is 11.3 Å². The first-order valence-corrected chi connectivity index (χ1v) is 11.8. The molecular formula is C26H35N7O3. The summed E-state index contributed by atoms with van der Waals surface area (Å²) < 4.78 is 1.99. The van der Waals surface area contributed by atoms with Crippen LogP contribution in [0.15, 0.2) is 49.2 Å². The average molecular weight is 494 g/mol. The number of nitrogen functional groups attached to an aromatic ring is 1. The maximum absolute atomic E-state index is 8.93. The standard InChI is InChI=1S/C14H13N5O.C8H12N2.C3H8O.CH2O/c1-8-2-3-16-6-10(8)12-4-9-5-13(19-20)17-7-11(9)14(15)18-12;1-2-10-6-8(5-9-10)7-3-4-7;1-2-3-4;1-2/h2-7,20H,1H3,(H2,15,18)(H,17,19);5-7H,2-4H2,1H3;4H,2-3H2,1H3;1H2. The van der Waals surface area contributed by atoms with Crippen LogP contribution in [-0.4, -0.2) is 48.4 Å². The van der Waals surface area contributed by atoms with Gasteiger partial charge in [-0.2, -0.15) is 5.10 Å². The zero-order valence-electron chi connectivity index (χ0n) is 21.1. The summed E-state index contributed by atoms with van der Waals surface area (Å²) >= 11 is 0. The number of aryl methyl sites for hydroxylation is 2. The molecule has 10 nitrogen and oxygen atoms in total. The molecule has 10 heteroatoms. The van der Waals surface area contributed by atoms with E-state index in [1.54, 1.807) is 24.7 Å². The summed E-state index contributed by atoms with van der Waals surface area (Å²) in [5, 5.41) is 22.6. The second-order valence-corrected chi connectivity index (χ2v) is 8.11. The number of pyridine rings is 3. The average Bonchev–Trinajstić information content (AvgIpc) is 3.66. The van der Waals surface area contributed by atoms with Crippen molar-refractivity contribution < 1.29 is 15.1 Å². The molecule has 4 aromatic rings. The summed E-state index contributed by atoms with van der Waals surface area (Å²) in [7, 11) is 0. The fourth-order valence-electron chi connectivity index (χ4n) is 3.29. The minimum absolute atomic E-state index is 0.319. The highest BCUT2D eigenvalue weighted by molar-refractivity contribution is 5.94. The van der Waals surface area contributed by atoms with Gasteiger partial charge in [-0.15, -0.1) is 0 Å². The number of anilines is 2. The maximum Gasteiger partial charge on any atom is 0.150 e. The molecule has 0 unspecified atom stereocenters. The van der Waals surface area contributed by atoms with Crippen LogP contribution in [0.25, 0.3) is 22.0 Å². The number of aromatic nitrogens is 5. The molecule has 4 heterocycles. The van der Waals surface area contributed by atoms with Crippen molar-refractivity contribution in [2.45, 2.75) is 52.5 Å². The number of nitrogens with zero attached hydrogens (tertiary/aromatic N) is 5. The first-order chi connectivity index (χ1) is 17.5. The third-order valence-corrected chi connectivity index (χ3v) is 5.42. The summed E-state index contributed by atoms with van der Waals surface area (Å²) in [5.74, 6) is 1.61. The van der Waals surface area contributed by atoms with E-state index in [-0.39, 0.29) is 0 Å². The predicted octanol–water partition coefficient (Wildman–Crippen LogP) is 4.37. The summed E-state index contributed by atoms with van der Waals surface area (Å²) in [6.07, 6.45) is 12.9. The van der Waals surface area contributed by atoms with Gasteiger partial charge in [0.05, 0.1) is 11.9 Å². The van der Waals surface area contributed by atoms with Crippen molar-refractivity contribution in [3.63, 3.8) is 0 Å². The zero-order chi connectivity index (χ0) is 26.5. The van der Waals surface area contributed by atoms with Gasteiger partial charge in [-0.05, 0) is 73.7 Å². The number of rotatable bonds is 5. The van der Waals surface area contributed by atoms with E-state index >= 15 is 0 Å². The van der Waals surface area contributed by atoms with E-state index < -0.39 is 0 Å². The van der Waals surface area contributed by atoms with Crippen LogP contribution in [0.2, 0.25) is 0 Å². The largest absolute Gasteiger partial charge is 0.396 e. The molecule has 0 amide bonds. The first-order valence-electron chi connectivity index (χ1n) is 11.8. The van der Waals surface area contributed by atoms with E-state index in [0.29, 0.717) is 18.2 Å². The number of hydrogen-bond acceptors (Lipinski definition) is 9. The van der Waals surface area contributed by atoms with E-state index in [0.717, 1.165) is 46.5 Å². The van der Waals surface area contributed by atoms with Crippen LogP contribution in [-0.2, 0) is 11.3 Å². The van der Waals surface area contributed by atoms with Crippen LogP contribution < -0.4 is 11.2 Å². The molecule has 0 saturated heterocycles. The van der Waals surface area contributed by atoms with Crippen molar-refractivity contribution in [1.82, 2.24) is 24.7 Å². The van der Waals surface area contributed by atoms with Crippen molar-refractivity contribution in [3.05, 3.63) is 60.3 Å². The molecular weight excluding hydrogens is 458 g/mol. The van der Waals surface area contributed by atoms with E-state index in [4.69, 9.17) is 20.8 Å². The Bertz CT molecular complexity index is 1220. The summed E-state index contributed by atoms with van der Waals surface area (Å²) in [6.45, 7) is 9.35. The van der Waals surface area contributed by atoms with Crippen LogP contribution in [0.3, 0.4) is 0 Å². The lowest BCUT2D eigenvalue weighted by atomic mass is 10.1. The van der Waals surface area contributed by atoms with Crippen molar-refractivity contribution in [1.29, 1.82) is 0 Å². The van der Waals surface area contributed by atoms with E-state index in [1.807, 2.05) is 49.1 Å². The molecule has 1 aliphatic rings. The molecule has 1 saturated carbocycles. The normalized spacial score (nSPS) is 11.8. The Morgan fingerprint density at radius 1 is 1.19 bits per heavy atom. The van der Waals surface area contributed by atoms with E-state index in [1.165, 1.54) is 18.4 Å². The molecule has 5 N–H and O–H groups in total. The van der Waals surface area contributed by atoms with Gasteiger partial charge in [-0.25, -0.2) is 9.97 Å². The molecule has 5 rings (SSSR count). The van der Waals surface area contributed by atoms with Crippen LogP contribution in [0.4, 0.5) is 11.6 Å². The van der Waals surface area contributed by atoms with Gasteiger partial charge in [0.15, 0.2) is 0 Å². The van der Waals surface area contributed by atoms with Gasteiger partial charge in [0.1, 0.15) is 18.4 Å². The molecule has 0 spiro atoms. The molecule has 0 aliphatic heterocycles. The van der Waals surface area contributed by atoms with Crippen molar-refractivity contribution in [2.24, 2.45) is 0 Å². The number of nitrogens with one attached hydrogen (secondary N) is 1. The molecule has 0 aromatic carbocycles. The lowest BCUT2D eigenvalue weighted by Gasteiger charge is -2.09. The molecule has 1 aliphatic carbocycles. The highest BCUT2D eigenvalue weighted by atomic mass is 16.5. The zero-order valence-corrected chi connectivity index (χ0v) is 21.1. The molecule has 0 atom stereocenters. The summed E-state index contributed by atoms with van der Waals surface area (Å²) in [6, 6.07) is 5.53. The number of carbonyl (C=O) groups is 1. The minimum atomic E-state index is 0.319. The van der Waals surface area contributed by atoms with Gasteiger partial charge in [0.2, 0.25) is 0 Å². The number of aliphatic hydroxyl groups excluding tert-OH is 1. The molecule has 0 bridgehead atoms. The lowest BCUT2D eigenvalue weighted by Crippen LogP contribution is -1.98. The van der Waals surface area contributed by atoms with Gasteiger partial charge in [-0.1, -0.05) is 6.92 Å². The SMILES string of the molecule is C=O.CCCO.CCn1cc(C2CC2)cn1.Cc1ccncc1-c1cc2cc(NO)ncc2c(N)n1. The van der Waals surface area contributed by atoms with Gasteiger partial charge < -0.3 is 15.6 Å². The maximum atomic E-state index is 8.93. The second kappa shape index (κ2) is 14.5. The number of aliphatic hydroxyl groups is 1. The Kier molecular flexibility index (Phi) is 11.4. The number of hydrogen-bond donors (Lipinski definition) is 4.